The highest BCUT2D eigenvalue weighted by Crippen LogP contribution is 2.03. The molecular weight excluding hydrogens is 724 g/mol. The Balaban J connectivity index is 0.00000100. The maximum absolute atomic E-state index is 11.5. The van der Waals surface area contributed by atoms with E-state index in [2.05, 4.69) is 14.2 Å². The summed E-state index contributed by atoms with van der Waals surface area (Å²) in [5, 5.41) is 15.8. The number of benzene rings is 3. The number of hydrogen-bond donors (Lipinski definition) is 2. The fourth-order valence-electron chi connectivity index (χ4n) is 3.14. The van der Waals surface area contributed by atoms with Crippen molar-refractivity contribution in [3.05, 3.63) is 108 Å². The average Bonchev–Trinajstić information content (AvgIpc) is 3.15. The Morgan fingerprint density at radius 3 is 1.00 bits per heavy atom. The predicted molar refractivity (Wildman–Crippen MR) is 185 cm³/mol. The minimum atomic E-state index is -1.17. The van der Waals surface area contributed by atoms with Crippen molar-refractivity contribution in [1.29, 1.82) is 0 Å². The molecule has 0 fully saturated rings. The van der Waals surface area contributed by atoms with Crippen LogP contribution in [-0.4, -0.2) is 97.5 Å². The van der Waals surface area contributed by atoms with E-state index in [1.807, 2.05) is 42.5 Å². The summed E-state index contributed by atoms with van der Waals surface area (Å²) in [5.41, 5.74) is 2.57. The van der Waals surface area contributed by atoms with Gasteiger partial charge in [-0.3, -0.25) is 4.79 Å². The van der Waals surface area contributed by atoms with Crippen LogP contribution in [0.4, 0.5) is 0 Å². The zero-order chi connectivity index (χ0) is 38.4. The van der Waals surface area contributed by atoms with Crippen LogP contribution in [0.15, 0.2) is 91.0 Å². The summed E-state index contributed by atoms with van der Waals surface area (Å²) in [4.78, 5) is 76.0. The van der Waals surface area contributed by atoms with Gasteiger partial charge in [0.05, 0.1) is 0 Å². The number of hydrogen-bond acceptors (Lipinski definition) is 14. The SMILES string of the molecule is C.O=C(CCl)OCc1ccccc1.O=C(COCC(=O)OCC(=O)OCc1ccccc1)OCC(=O)OCc1ccccc1.O=C(O)COCC(=O)O. The van der Waals surface area contributed by atoms with Gasteiger partial charge in [-0.25, -0.2) is 28.8 Å². The first-order valence-electron chi connectivity index (χ1n) is 15.0. The summed E-state index contributed by atoms with van der Waals surface area (Å²) in [6.45, 7) is -3.00. The van der Waals surface area contributed by atoms with Gasteiger partial charge in [-0.05, 0) is 16.7 Å². The molecule has 0 amide bonds. The highest BCUT2D eigenvalue weighted by molar-refractivity contribution is 6.26. The Labute approximate surface area is 310 Å². The fraction of sp³-hybridized carbons (Fsp3) is 0.306. The number of carboxylic acids is 2. The Bertz CT molecular complexity index is 1430. The van der Waals surface area contributed by atoms with Gasteiger partial charge in [-0.1, -0.05) is 98.4 Å². The molecule has 53 heavy (non-hydrogen) atoms. The number of alkyl halides is 1. The van der Waals surface area contributed by atoms with E-state index in [0.717, 1.165) is 16.7 Å². The van der Waals surface area contributed by atoms with Crippen molar-refractivity contribution in [2.75, 3.05) is 45.5 Å². The van der Waals surface area contributed by atoms with E-state index in [1.54, 1.807) is 48.5 Å². The van der Waals surface area contributed by atoms with Crippen molar-refractivity contribution >= 4 is 53.4 Å². The second kappa shape index (κ2) is 29.8. The largest absolute Gasteiger partial charge is 0.480 e. The number of halogens is 1. The van der Waals surface area contributed by atoms with Crippen molar-refractivity contribution in [2.24, 2.45) is 0 Å². The van der Waals surface area contributed by atoms with Gasteiger partial charge >= 0.3 is 41.8 Å². The molecule has 3 aromatic carbocycles. The summed E-state index contributed by atoms with van der Waals surface area (Å²) < 4.78 is 33.1. The third-order valence-corrected chi connectivity index (χ3v) is 5.65. The molecule has 16 nitrogen and oxygen atoms in total. The molecule has 0 aromatic heterocycles. The number of rotatable bonds is 19. The maximum atomic E-state index is 11.5. The lowest BCUT2D eigenvalue weighted by molar-refractivity contribution is -0.166. The second-order valence-corrected chi connectivity index (χ2v) is 9.93. The number of ether oxygens (including phenoxy) is 7. The zero-order valence-electron chi connectivity index (χ0n) is 27.7. The second-order valence-electron chi connectivity index (χ2n) is 9.67. The molecule has 2 N–H and O–H groups in total. The van der Waals surface area contributed by atoms with E-state index in [-0.39, 0.29) is 32.5 Å². The van der Waals surface area contributed by atoms with Crippen LogP contribution in [0.2, 0.25) is 0 Å². The van der Waals surface area contributed by atoms with Crippen LogP contribution in [0.5, 0.6) is 0 Å². The molecule has 0 aliphatic heterocycles. The highest BCUT2D eigenvalue weighted by Gasteiger charge is 2.13. The molecule has 0 spiro atoms. The topological polar surface area (TPSA) is 225 Å². The monoisotopic (exact) mass is 764 g/mol. The van der Waals surface area contributed by atoms with Crippen molar-refractivity contribution in [3.63, 3.8) is 0 Å². The first-order valence-corrected chi connectivity index (χ1v) is 15.6. The first kappa shape index (κ1) is 47.2. The smallest absolute Gasteiger partial charge is 0.344 e. The zero-order valence-corrected chi connectivity index (χ0v) is 28.5. The van der Waals surface area contributed by atoms with Crippen molar-refractivity contribution < 1.29 is 76.9 Å². The normalized spacial score (nSPS) is 9.53. The molecular formula is C36H41ClO16. The summed E-state index contributed by atoms with van der Waals surface area (Å²) in [6.07, 6.45) is 0. The van der Waals surface area contributed by atoms with Crippen LogP contribution in [0.3, 0.4) is 0 Å². The minimum absolute atomic E-state index is 0. The molecule has 0 radical (unpaired) electrons. The maximum Gasteiger partial charge on any atom is 0.344 e. The lowest BCUT2D eigenvalue weighted by Crippen LogP contribution is -2.23. The van der Waals surface area contributed by atoms with E-state index >= 15 is 0 Å². The Hall–Kier alpha value is -5.84. The summed E-state index contributed by atoms with van der Waals surface area (Å²) in [6, 6.07) is 27.5. The summed E-state index contributed by atoms with van der Waals surface area (Å²) >= 11 is 5.24. The third-order valence-electron chi connectivity index (χ3n) is 5.43. The molecule has 0 heterocycles. The van der Waals surface area contributed by atoms with Gasteiger partial charge in [0.15, 0.2) is 13.2 Å². The Morgan fingerprint density at radius 2 is 0.698 bits per heavy atom. The lowest BCUT2D eigenvalue weighted by atomic mass is 10.2. The van der Waals surface area contributed by atoms with E-state index in [9.17, 15) is 33.6 Å². The van der Waals surface area contributed by atoms with Gasteiger partial charge < -0.3 is 43.4 Å². The Kier molecular flexibility index (Phi) is 26.6. The summed E-state index contributed by atoms with van der Waals surface area (Å²) in [5.74, 6) is -5.96. The quantitative estimate of drug-likeness (QED) is 0.101. The molecule has 3 aromatic rings. The lowest BCUT2D eigenvalue weighted by Gasteiger charge is -2.08. The Morgan fingerprint density at radius 1 is 0.415 bits per heavy atom. The molecule has 0 unspecified atom stereocenters. The molecule has 288 valence electrons. The molecule has 0 saturated heterocycles. The van der Waals surface area contributed by atoms with E-state index in [1.165, 1.54) is 0 Å². The number of carbonyl (C=O) groups excluding carboxylic acids is 5. The molecule has 0 bridgehead atoms. The van der Waals surface area contributed by atoms with Crippen molar-refractivity contribution in [3.8, 4) is 0 Å². The molecule has 17 heteroatoms. The van der Waals surface area contributed by atoms with Gasteiger partial charge in [0.25, 0.3) is 0 Å². The average molecular weight is 765 g/mol. The number of aliphatic carboxylic acids is 2. The van der Waals surface area contributed by atoms with Crippen molar-refractivity contribution in [1.82, 2.24) is 0 Å². The van der Waals surface area contributed by atoms with Gasteiger partial charge in [-0.2, -0.15) is 0 Å². The third kappa shape index (κ3) is 27.6. The first-order chi connectivity index (χ1) is 25.0. The van der Waals surface area contributed by atoms with E-state index in [0.29, 0.717) is 6.61 Å². The fourth-order valence-corrected chi connectivity index (χ4v) is 3.22. The number of esters is 5. The molecule has 3 rings (SSSR count). The van der Waals surface area contributed by atoms with Crippen LogP contribution in [0, 0.1) is 0 Å². The van der Waals surface area contributed by atoms with Gasteiger partial charge in [0.1, 0.15) is 52.1 Å². The van der Waals surface area contributed by atoms with E-state index in [4.69, 9.17) is 40.8 Å². The molecule has 0 aliphatic rings. The standard InChI is InChI=1S/C22H22O9.C9H9ClO2.C4H6O5.CH4/c23-19(30-15-21(25)28-11-17-7-3-1-4-8-17)13-27-14-20(24)31-16-22(26)29-12-18-9-5-2-6-10-18;10-6-9(11)12-7-8-4-2-1-3-5-8;5-3(6)1-9-2-4(7)8;/h1-10H,11-16H2;1-5H,6-7H2;1-2H2,(H,5,6)(H,7,8);1H4. The molecule has 0 atom stereocenters. The number of carbonyl (C=O) groups is 7. The summed E-state index contributed by atoms with van der Waals surface area (Å²) in [7, 11) is 0. The number of carboxylic acid groups (broad SMARTS) is 2. The molecule has 0 saturated carbocycles. The van der Waals surface area contributed by atoms with Crippen LogP contribution in [0.25, 0.3) is 0 Å². The molecule has 0 aliphatic carbocycles. The van der Waals surface area contributed by atoms with E-state index < -0.39 is 75.5 Å². The predicted octanol–water partition coefficient (Wildman–Crippen LogP) is 3.35. The highest BCUT2D eigenvalue weighted by atomic mass is 35.5. The van der Waals surface area contributed by atoms with Crippen LogP contribution in [-0.2, 0) is 86.5 Å². The van der Waals surface area contributed by atoms with Gasteiger partial charge in [0.2, 0.25) is 0 Å². The van der Waals surface area contributed by atoms with Crippen molar-refractivity contribution in [2.45, 2.75) is 27.2 Å². The van der Waals surface area contributed by atoms with Crippen LogP contribution in [0.1, 0.15) is 24.1 Å². The van der Waals surface area contributed by atoms with Gasteiger partial charge in [-0.15, -0.1) is 11.6 Å². The van der Waals surface area contributed by atoms with Crippen LogP contribution < -0.4 is 0 Å². The van der Waals surface area contributed by atoms with Crippen LogP contribution >= 0.6 is 11.6 Å². The van der Waals surface area contributed by atoms with Gasteiger partial charge in [0, 0.05) is 0 Å². The minimum Gasteiger partial charge on any atom is -0.480 e.